The number of ether oxygens (including phenoxy) is 1. The van der Waals surface area contributed by atoms with E-state index in [0.29, 0.717) is 28.6 Å². The smallest absolute Gasteiger partial charge is 0.227 e. The second kappa shape index (κ2) is 9.78. The molecular formula is C29H32AcCl2N2O4. The van der Waals surface area contributed by atoms with Crippen molar-refractivity contribution >= 4 is 29.1 Å². The zero-order valence-corrected chi connectivity index (χ0v) is 27.8. The van der Waals surface area contributed by atoms with Crippen molar-refractivity contribution in [3.05, 3.63) is 57.1 Å². The zero-order valence-electron chi connectivity index (χ0n) is 21.5. The Balaban J connectivity index is 0.00000264. The summed E-state index contributed by atoms with van der Waals surface area (Å²) >= 11 is 12.3. The number of phenolic OH excluding ortho intramolecular Hbond substituents is 1. The molecule has 1 spiro atoms. The summed E-state index contributed by atoms with van der Waals surface area (Å²) in [4.78, 5) is 17.8. The Labute approximate surface area is 269 Å². The number of aromatic hydroxyl groups is 1. The van der Waals surface area contributed by atoms with Crippen LogP contribution in [-0.2, 0) is 23.1 Å². The molecule has 1 radical (unpaired) electrons. The molecule has 2 aliphatic heterocycles. The monoisotopic (exact) mass is 769 g/mol. The molecule has 199 valence electrons. The molecule has 2 aromatic rings. The molecule has 1 saturated heterocycles. The summed E-state index contributed by atoms with van der Waals surface area (Å²) in [5.41, 5.74) is 1.35. The molecule has 0 aromatic heterocycles. The number of hydrogen-bond donors (Lipinski definition) is 2. The molecule has 7 rings (SSSR count). The van der Waals surface area contributed by atoms with Gasteiger partial charge in [-0.3, -0.25) is 9.69 Å². The third kappa shape index (κ3) is 3.93. The largest absolute Gasteiger partial charge is 0.504 e. The van der Waals surface area contributed by atoms with Crippen LogP contribution in [0.2, 0.25) is 10.0 Å². The minimum Gasteiger partial charge on any atom is -0.504 e. The van der Waals surface area contributed by atoms with Crippen LogP contribution in [-0.4, -0.2) is 69.8 Å². The minimum atomic E-state index is -0.957. The van der Waals surface area contributed by atoms with Gasteiger partial charge in [0.2, 0.25) is 5.91 Å². The number of amides is 1. The first-order valence-electron chi connectivity index (χ1n) is 13.4. The number of piperidine rings is 1. The van der Waals surface area contributed by atoms with Crippen molar-refractivity contribution in [1.82, 2.24) is 9.80 Å². The number of phenols is 1. The molecule has 3 fully saturated rings. The van der Waals surface area contributed by atoms with Crippen LogP contribution in [0.3, 0.4) is 0 Å². The van der Waals surface area contributed by atoms with Crippen LogP contribution in [0.5, 0.6) is 11.5 Å². The number of rotatable bonds is 5. The topological polar surface area (TPSA) is 73.2 Å². The van der Waals surface area contributed by atoms with Crippen molar-refractivity contribution < 1.29 is 63.8 Å². The van der Waals surface area contributed by atoms with E-state index in [-0.39, 0.29) is 74.2 Å². The Morgan fingerprint density at radius 2 is 1.95 bits per heavy atom. The van der Waals surface area contributed by atoms with Gasteiger partial charge < -0.3 is 19.8 Å². The van der Waals surface area contributed by atoms with Crippen LogP contribution in [0.1, 0.15) is 48.8 Å². The maximum Gasteiger partial charge on any atom is 0.227 e. The van der Waals surface area contributed by atoms with Crippen LogP contribution in [0.25, 0.3) is 0 Å². The van der Waals surface area contributed by atoms with Gasteiger partial charge in [-0.05, 0) is 80.3 Å². The van der Waals surface area contributed by atoms with Crippen LogP contribution in [0, 0.1) is 50.0 Å². The van der Waals surface area contributed by atoms with Gasteiger partial charge in [0.15, 0.2) is 11.5 Å². The van der Waals surface area contributed by atoms with E-state index in [9.17, 15) is 15.0 Å². The average molecular weight is 770 g/mol. The van der Waals surface area contributed by atoms with Crippen LogP contribution in [0.15, 0.2) is 30.3 Å². The number of nitrogens with zero attached hydrogens (tertiary/aromatic N) is 2. The fourth-order valence-electron chi connectivity index (χ4n) is 7.99. The maximum absolute atomic E-state index is 13.5. The number of benzene rings is 2. The summed E-state index contributed by atoms with van der Waals surface area (Å²) in [6.45, 7) is 1.94. The Morgan fingerprint density at radius 1 is 1.16 bits per heavy atom. The van der Waals surface area contributed by atoms with E-state index in [2.05, 4.69) is 4.90 Å². The van der Waals surface area contributed by atoms with Gasteiger partial charge in [-0.1, -0.05) is 35.3 Å². The number of carbonyl (C=O) groups is 1. The Kier molecular flexibility index (Phi) is 7.10. The summed E-state index contributed by atoms with van der Waals surface area (Å²) in [6, 6.07) is 8.81. The Morgan fingerprint density at radius 3 is 2.68 bits per heavy atom. The molecule has 3 aliphatic carbocycles. The molecule has 2 N–H and O–H groups in total. The fourth-order valence-corrected chi connectivity index (χ4v) is 8.31. The SMILES string of the molecule is CN(C(=O)Cc1ccc(Cl)c(Cl)c1)C1CCC2(O)[C@@H]3Cc4ccc(O)c5c4[C@@]2(CCN3CC2CC2)C1O5.[Ac]. The number of aliphatic hydroxyl groups is 1. The molecule has 1 amide bonds. The molecule has 5 aliphatic rings. The van der Waals surface area contributed by atoms with Gasteiger partial charge in [0.25, 0.3) is 0 Å². The van der Waals surface area contributed by atoms with E-state index in [4.69, 9.17) is 27.9 Å². The second-order valence-electron chi connectivity index (χ2n) is 11.8. The summed E-state index contributed by atoms with van der Waals surface area (Å²) in [5.74, 6) is 1.33. The summed E-state index contributed by atoms with van der Waals surface area (Å²) in [5, 5.41) is 24.3. The van der Waals surface area contributed by atoms with Crippen molar-refractivity contribution in [3.8, 4) is 11.5 Å². The third-order valence-electron chi connectivity index (χ3n) is 9.96. The molecule has 5 atom stereocenters. The summed E-state index contributed by atoms with van der Waals surface area (Å²) in [7, 11) is 1.83. The first kappa shape index (κ1) is 27.6. The van der Waals surface area contributed by atoms with Crippen LogP contribution in [0.4, 0.5) is 0 Å². The van der Waals surface area contributed by atoms with Crippen molar-refractivity contribution in [2.45, 2.75) is 74.1 Å². The van der Waals surface area contributed by atoms with Crippen molar-refractivity contribution in [2.75, 3.05) is 20.1 Å². The predicted octanol–water partition coefficient (Wildman–Crippen LogP) is 4.33. The average Bonchev–Trinajstić information content (AvgIpc) is 3.61. The molecule has 38 heavy (non-hydrogen) atoms. The van der Waals surface area contributed by atoms with E-state index in [1.165, 1.54) is 12.8 Å². The Hall–Kier alpha value is -0.548. The fraction of sp³-hybridized carbons (Fsp3) is 0.552. The molecule has 2 saturated carbocycles. The van der Waals surface area contributed by atoms with E-state index < -0.39 is 17.1 Å². The molecule has 2 heterocycles. The maximum atomic E-state index is 13.5. The number of likely N-dealkylation sites (N-methyl/N-ethyl adjacent to an activating group) is 1. The Bertz CT molecular complexity index is 1310. The zero-order chi connectivity index (χ0) is 25.7. The third-order valence-corrected chi connectivity index (χ3v) is 10.7. The van der Waals surface area contributed by atoms with Crippen LogP contribution >= 0.6 is 23.2 Å². The van der Waals surface area contributed by atoms with E-state index in [1.54, 1.807) is 23.1 Å². The molecule has 3 unspecified atom stereocenters. The number of halogens is 2. The van der Waals surface area contributed by atoms with Crippen LogP contribution < -0.4 is 4.74 Å². The van der Waals surface area contributed by atoms with Crippen molar-refractivity contribution in [1.29, 1.82) is 0 Å². The first-order valence-corrected chi connectivity index (χ1v) is 14.2. The van der Waals surface area contributed by atoms with Gasteiger partial charge in [-0.2, -0.15) is 0 Å². The quantitative estimate of drug-likeness (QED) is 0.474. The van der Waals surface area contributed by atoms with Gasteiger partial charge in [-0.15, -0.1) is 0 Å². The summed E-state index contributed by atoms with van der Waals surface area (Å²) < 4.78 is 6.61. The van der Waals surface area contributed by atoms with E-state index in [1.807, 2.05) is 19.2 Å². The van der Waals surface area contributed by atoms with Gasteiger partial charge in [-0.25, -0.2) is 0 Å². The molecule has 2 aromatic carbocycles. The predicted molar refractivity (Wildman–Crippen MR) is 142 cm³/mol. The van der Waals surface area contributed by atoms with Crippen molar-refractivity contribution in [3.63, 3.8) is 0 Å². The molecule has 9 heteroatoms. The number of hydrogen-bond acceptors (Lipinski definition) is 5. The molecule has 2 bridgehead atoms. The second-order valence-corrected chi connectivity index (χ2v) is 12.6. The minimum absolute atomic E-state index is 0. The van der Waals surface area contributed by atoms with E-state index in [0.717, 1.165) is 48.5 Å². The molecular weight excluding hydrogens is 738 g/mol. The normalized spacial score (nSPS) is 32.7. The van der Waals surface area contributed by atoms with E-state index >= 15 is 0 Å². The van der Waals surface area contributed by atoms with Gasteiger partial charge >= 0.3 is 0 Å². The first-order chi connectivity index (χ1) is 17.7. The number of carbonyl (C=O) groups excluding carboxylic acids is 1. The number of likely N-dealkylation sites (tertiary alicyclic amines) is 1. The summed E-state index contributed by atoms with van der Waals surface area (Å²) in [6.07, 6.45) is 5.11. The van der Waals surface area contributed by atoms with Gasteiger partial charge in [0.1, 0.15) is 6.10 Å². The van der Waals surface area contributed by atoms with Gasteiger partial charge in [0, 0.05) is 69.3 Å². The standard InChI is InChI=1S/C29H32Cl2N2O4.Ac/c1-32(24(35)13-17-4-6-19(30)20(31)12-17)21-8-9-29(36)23-14-18-5-7-22(34)26-25(18)28(29,27(21)37-26)10-11-33(23)15-16-2-3-16;/h4-7,12,16,21,23,27,34,36H,2-3,8-11,13-15H2,1H3;/t21?,23-,27?,28-,29?;/m0./s1. The molecule has 6 nitrogen and oxygen atoms in total. The van der Waals surface area contributed by atoms with Crippen molar-refractivity contribution in [2.24, 2.45) is 5.92 Å². The van der Waals surface area contributed by atoms with Gasteiger partial charge in [0.05, 0.1) is 33.5 Å².